The van der Waals surface area contributed by atoms with Crippen molar-refractivity contribution < 1.29 is 0 Å². The molecule has 1 aliphatic carbocycles. The first-order valence-corrected chi connectivity index (χ1v) is 7.39. The second-order valence-electron chi connectivity index (χ2n) is 5.30. The Morgan fingerprint density at radius 1 is 1.22 bits per heavy atom. The number of para-hydroxylation sites is 1. The third kappa shape index (κ3) is 2.69. The Morgan fingerprint density at radius 3 is 2.50 bits per heavy atom. The monoisotopic (exact) mass is 246 g/mol. The van der Waals surface area contributed by atoms with Crippen LogP contribution in [0.15, 0.2) is 24.3 Å². The van der Waals surface area contributed by atoms with E-state index in [4.69, 9.17) is 5.73 Å². The van der Waals surface area contributed by atoms with Gasteiger partial charge in [-0.2, -0.15) is 0 Å². The molecule has 2 heteroatoms. The van der Waals surface area contributed by atoms with Crippen molar-refractivity contribution in [1.29, 1.82) is 0 Å². The molecule has 0 aliphatic heterocycles. The van der Waals surface area contributed by atoms with Gasteiger partial charge in [0.05, 0.1) is 0 Å². The lowest BCUT2D eigenvalue weighted by Gasteiger charge is -2.33. The van der Waals surface area contributed by atoms with Crippen LogP contribution in [0, 0.1) is 0 Å². The Balaban J connectivity index is 2.29. The molecule has 18 heavy (non-hydrogen) atoms. The molecule has 2 N–H and O–H groups in total. The van der Waals surface area contributed by atoms with Gasteiger partial charge in [-0.3, -0.25) is 0 Å². The lowest BCUT2D eigenvalue weighted by atomic mass is 10.0. The van der Waals surface area contributed by atoms with Crippen LogP contribution in [0.5, 0.6) is 0 Å². The van der Waals surface area contributed by atoms with E-state index in [1.165, 1.54) is 36.9 Å². The van der Waals surface area contributed by atoms with Gasteiger partial charge in [-0.1, -0.05) is 38.0 Å². The zero-order valence-electron chi connectivity index (χ0n) is 11.7. The van der Waals surface area contributed by atoms with E-state index in [9.17, 15) is 0 Å². The summed E-state index contributed by atoms with van der Waals surface area (Å²) >= 11 is 0. The lowest BCUT2D eigenvalue weighted by Crippen LogP contribution is -2.34. The van der Waals surface area contributed by atoms with E-state index in [-0.39, 0.29) is 6.04 Å². The maximum Gasteiger partial charge on any atom is 0.0417 e. The third-order valence-electron chi connectivity index (χ3n) is 4.19. The number of rotatable bonds is 5. The van der Waals surface area contributed by atoms with Gasteiger partial charge in [0.2, 0.25) is 0 Å². The van der Waals surface area contributed by atoms with Crippen molar-refractivity contribution in [1.82, 2.24) is 0 Å². The van der Waals surface area contributed by atoms with Crippen LogP contribution in [0.4, 0.5) is 5.69 Å². The van der Waals surface area contributed by atoms with E-state index in [0.29, 0.717) is 0 Å². The molecule has 1 unspecified atom stereocenters. The fraction of sp³-hybridized carbons (Fsp3) is 0.625. The summed E-state index contributed by atoms with van der Waals surface area (Å²) in [5, 5.41) is 0. The smallest absolute Gasteiger partial charge is 0.0417 e. The number of anilines is 1. The molecule has 0 bridgehead atoms. The predicted octanol–water partition coefficient (Wildman–Crippen LogP) is 3.87. The molecular formula is C16H26N2. The quantitative estimate of drug-likeness (QED) is 0.854. The molecule has 2 rings (SSSR count). The number of nitrogens with two attached hydrogens (primary N) is 1. The second kappa shape index (κ2) is 6.24. The Morgan fingerprint density at radius 2 is 1.89 bits per heavy atom. The molecule has 0 spiro atoms. The largest absolute Gasteiger partial charge is 0.369 e. The summed E-state index contributed by atoms with van der Waals surface area (Å²) in [5.41, 5.74) is 8.94. The molecule has 0 amide bonds. The minimum atomic E-state index is 0.164. The highest BCUT2D eigenvalue weighted by molar-refractivity contribution is 5.55. The third-order valence-corrected chi connectivity index (χ3v) is 4.19. The van der Waals surface area contributed by atoms with Gasteiger partial charge in [-0.05, 0) is 37.8 Å². The molecule has 1 aliphatic rings. The van der Waals surface area contributed by atoms with Gasteiger partial charge in [0.1, 0.15) is 0 Å². The molecule has 2 nitrogen and oxygen atoms in total. The fourth-order valence-electron chi connectivity index (χ4n) is 3.12. The molecule has 1 fully saturated rings. The first-order valence-electron chi connectivity index (χ1n) is 7.39. The van der Waals surface area contributed by atoms with Gasteiger partial charge in [0.25, 0.3) is 0 Å². The molecule has 0 heterocycles. The number of nitrogens with zero attached hydrogens (tertiary/aromatic N) is 1. The lowest BCUT2D eigenvalue weighted by molar-refractivity contribution is 0.609. The summed E-state index contributed by atoms with van der Waals surface area (Å²) in [4.78, 5) is 2.57. The Hall–Kier alpha value is -1.02. The van der Waals surface area contributed by atoms with E-state index < -0.39 is 0 Å². The van der Waals surface area contributed by atoms with Gasteiger partial charge in [0.15, 0.2) is 0 Å². The number of benzene rings is 1. The average molecular weight is 246 g/mol. The molecule has 1 saturated carbocycles. The van der Waals surface area contributed by atoms with E-state index in [0.717, 1.165) is 19.0 Å². The zero-order chi connectivity index (χ0) is 13.0. The SMILES string of the molecule is CCC(N)c1ccccc1N(CC)C1CCCC1. The summed E-state index contributed by atoms with van der Waals surface area (Å²) < 4.78 is 0. The van der Waals surface area contributed by atoms with Gasteiger partial charge in [-0.15, -0.1) is 0 Å². The van der Waals surface area contributed by atoms with Crippen molar-refractivity contribution in [2.24, 2.45) is 5.73 Å². The van der Waals surface area contributed by atoms with Crippen molar-refractivity contribution in [2.45, 2.75) is 58.0 Å². The summed E-state index contributed by atoms with van der Waals surface area (Å²) in [7, 11) is 0. The number of hydrogen-bond acceptors (Lipinski definition) is 2. The van der Waals surface area contributed by atoms with Crippen LogP contribution >= 0.6 is 0 Å². The molecule has 1 aromatic rings. The van der Waals surface area contributed by atoms with Crippen LogP contribution in [0.3, 0.4) is 0 Å². The first-order chi connectivity index (χ1) is 8.77. The summed E-state index contributed by atoms with van der Waals surface area (Å²) in [6, 6.07) is 9.57. The Labute approximate surface area is 111 Å². The maximum atomic E-state index is 6.26. The molecule has 0 saturated heterocycles. The van der Waals surface area contributed by atoms with Crippen LogP contribution in [-0.2, 0) is 0 Å². The van der Waals surface area contributed by atoms with E-state index >= 15 is 0 Å². The van der Waals surface area contributed by atoms with E-state index in [1.807, 2.05) is 0 Å². The van der Waals surface area contributed by atoms with Gasteiger partial charge in [-0.25, -0.2) is 0 Å². The molecule has 0 aromatic heterocycles. The van der Waals surface area contributed by atoms with Crippen molar-refractivity contribution in [3.05, 3.63) is 29.8 Å². The second-order valence-corrected chi connectivity index (χ2v) is 5.30. The summed E-state index contributed by atoms with van der Waals surface area (Å²) in [5.74, 6) is 0. The maximum absolute atomic E-state index is 6.26. The van der Waals surface area contributed by atoms with Crippen LogP contribution < -0.4 is 10.6 Å². The zero-order valence-corrected chi connectivity index (χ0v) is 11.7. The topological polar surface area (TPSA) is 29.3 Å². The summed E-state index contributed by atoms with van der Waals surface area (Å²) in [6.07, 6.45) is 6.43. The van der Waals surface area contributed by atoms with Crippen molar-refractivity contribution in [3.63, 3.8) is 0 Å². The summed E-state index contributed by atoms with van der Waals surface area (Å²) in [6.45, 7) is 5.50. The van der Waals surface area contributed by atoms with Crippen LogP contribution in [0.25, 0.3) is 0 Å². The minimum Gasteiger partial charge on any atom is -0.369 e. The van der Waals surface area contributed by atoms with E-state index in [2.05, 4.69) is 43.0 Å². The molecule has 100 valence electrons. The van der Waals surface area contributed by atoms with Crippen LogP contribution in [0.2, 0.25) is 0 Å². The highest BCUT2D eigenvalue weighted by Crippen LogP contribution is 2.32. The highest BCUT2D eigenvalue weighted by atomic mass is 15.2. The predicted molar refractivity (Wildman–Crippen MR) is 78.9 cm³/mol. The van der Waals surface area contributed by atoms with Crippen LogP contribution in [-0.4, -0.2) is 12.6 Å². The van der Waals surface area contributed by atoms with Gasteiger partial charge >= 0.3 is 0 Å². The molecule has 1 atom stereocenters. The standard InChI is InChI=1S/C16H26N2/c1-3-15(17)14-11-7-8-12-16(14)18(4-2)13-9-5-6-10-13/h7-8,11-13,15H,3-6,9-10,17H2,1-2H3. The van der Waals surface area contributed by atoms with Crippen molar-refractivity contribution in [3.8, 4) is 0 Å². The fourth-order valence-corrected chi connectivity index (χ4v) is 3.12. The van der Waals surface area contributed by atoms with Gasteiger partial charge < -0.3 is 10.6 Å². The Bertz CT molecular complexity index is 369. The van der Waals surface area contributed by atoms with Gasteiger partial charge in [0, 0.05) is 24.3 Å². The minimum absolute atomic E-state index is 0.164. The van der Waals surface area contributed by atoms with Crippen LogP contribution in [0.1, 0.15) is 57.6 Å². The normalized spacial score (nSPS) is 17.9. The number of hydrogen-bond donors (Lipinski definition) is 1. The van der Waals surface area contributed by atoms with Crippen molar-refractivity contribution in [2.75, 3.05) is 11.4 Å². The first kappa shape index (κ1) is 13.4. The highest BCUT2D eigenvalue weighted by Gasteiger charge is 2.24. The van der Waals surface area contributed by atoms with E-state index in [1.54, 1.807) is 0 Å². The van der Waals surface area contributed by atoms with Crippen molar-refractivity contribution >= 4 is 5.69 Å². The average Bonchev–Trinajstić information content (AvgIpc) is 2.93. The molecule has 0 radical (unpaired) electrons. The molecule has 1 aromatic carbocycles. The Kier molecular flexibility index (Phi) is 4.65. The molecular weight excluding hydrogens is 220 g/mol.